The Bertz CT molecular complexity index is 1500. The number of carbonyl (C=O) groups is 1. The number of anilines is 1. The van der Waals surface area contributed by atoms with E-state index in [1.807, 2.05) is 25.3 Å². The minimum atomic E-state index is -0.169. The molecule has 0 unspecified atom stereocenters. The van der Waals surface area contributed by atoms with Crippen LogP contribution in [0.1, 0.15) is 60.4 Å². The molecule has 0 spiro atoms. The second-order valence-electron chi connectivity index (χ2n) is 12.7. The summed E-state index contributed by atoms with van der Waals surface area (Å²) in [7, 11) is 1.71. The standard InChI is InChI=1S/C35H42Cl3N5O3/c1-22-14-30(36)34(31(37)15-22)46-27-10-12-42(21-27)33-8-5-23(17-41-33)28-9-11-39-18-29(28)35(44)43(26-6-7-26)20-24-16-25(4-3-13-45-2)40-19-32(24)38/h5,8,14-17,19,26-29,39H,3-4,6-7,9-13,18,20-21H2,1-2H3/t27-,28-,29+/m1/s1. The Labute approximate surface area is 286 Å². The van der Waals surface area contributed by atoms with Gasteiger partial charge in [-0.05, 0) is 92.4 Å². The molecule has 1 aromatic carbocycles. The van der Waals surface area contributed by atoms with Gasteiger partial charge < -0.3 is 24.6 Å². The molecule has 2 aromatic heterocycles. The zero-order valence-electron chi connectivity index (χ0n) is 26.5. The predicted octanol–water partition coefficient (Wildman–Crippen LogP) is 6.87. The highest BCUT2D eigenvalue weighted by Crippen LogP contribution is 2.38. The van der Waals surface area contributed by atoms with Crippen LogP contribution in [-0.2, 0) is 22.5 Å². The van der Waals surface area contributed by atoms with E-state index in [4.69, 9.17) is 49.3 Å². The molecule has 3 fully saturated rings. The number of amides is 1. The molecule has 8 nitrogen and oxygen atoms in total. The molecule has 0 bridgehead atoms. The van der Waals surface area contributed by atoms with Crippen molar-refractivity contribution in [2.24, 2.45) is 5.92 Å². The number of pyridine rings is 2. The Hall–Kier alpha value is -2.62. The van der Waals surface area contributed by atoms with Gasteiger partial charge in [-0.3, -0.25) is 9.78 Å². The number of ether oxygens (including phenoxy) is 2. The number of hydrogen-bond donors (Lipinski definition) is 1. The summed E-state index contributed by atoms with van der Waals surface area (Å²) in [6, 6.07) is 10.3. The molecule has 2 saturated heterocycles. The molecule has 3 atom stereocenters. The third kappa shape index (κ3) is 7.91. The minimum absolute atomic E-state index is 0.0330. The molecule has 1 aliphatic carbocycles. The lowest BCUT2D eigenvalue weighted by Gasteiger charge is -2.36. The Kier molecular flexibility index (Phi) is 10.9. The van der Waals surface area contributed by atoms with Crippen molar-refractivity contribution in [2.45, 2.75) is 70.1 Å². The maximum absolute atomic E-state index is 14.3. The van der Waals surface area contributed by atoms with Crippen molar-refractivity contribution in [1.82, 2.24) is 20.2 Å². The van der Waals surface area contributed by atoms with Crippen molar-refractivity contribution in [3.05, 3.63) is 80.2 Å². The number of nitrogens with one attached hydrogen (secondary N) is 1. The molecule has 2 aliphatic heterocycles. The zero-order chi connectivity index (χ0) is 32.2. The van der Waals surface area contributed by atoms with Crippen LogP contribution < -0.4 is 15.0 Å². The first-order valence-electron chi connectivity index (χ1n) is 16.3. The molecule has 1 N–H and O–H groups in total. The topological polar surface area (TPSA) is 79.8 Å². The van der Waals surface area contributed by atoms with Gasteiger partial charge in [-0.1, -0.05) is 40.9 Å². The lowest BCUT2D eigenvalue weighted by molar-refractivity contribution is -0.138. The number of rotatable bonds is 12. The summed E-state index contributed by atoms with van der Waals surface area (Å²) in [5.74, 6) is 1.55. The fraction of sp³-hybridized carbons (Fsp3) is 0.514. The SMILES string of the molecule is COCCCc1cc(CN(C(=O)[C@H]2CNCC[C@@H]2c2ccc(N3CC[C@@H](Oc4c(Cl)cc(C)cc4Cl)C3)nc2)C2CC2)c(Cl)cn1. The molecular weight excluding hydrogens is 645 g/mol. The fourth-order valence-electron chi connectivity index (χ4n) is 6.67. The van der Waals surface area contributed by atoms with Crippen LogP contribution in [0.3, 0.4) is 0 Å². The predicted molar refractivity (Wildman–Crippen MR) is 183 cm³/mol. The lowest BCUT2D eigenvalue weighted by atomic mass is 9.80. The maximum Gasteiger partial charge on any atom is 0.228 e. The van der Waals surface area contributed by atoms with Crippen LogP contribution in [-0.4, -0.2) is 72.8 Å². The number of hydrogen-bond acceptors (Lipinski definition) is 7. The number of aromatic nitrogens is 2. The Morgan fingerprint density at radius 3 is 2.57 bits per heavy atom. The third-order valence-electron chi connectivity index (χ3n) is 9.28. The van der Waals surface area contributed by atoms with Crippen molar-refractivity contribution in [2.75, 3.05) is 44.8 Å². The summed E-state index contributed by atoms with van der Waals surface area (Å²) in [5, 5.41) is 5.14. The molecule has 3 aliphatic rings. The van der Waals surface area contributed by atoms with Gasteiger partial charge in [-0.2, -0.15) is 0 Å². The first-order valence-corrected chi connectivity index (χ1v) is 17.4. The molecular formula is C35H42Cl3N5O3. The van der Waals surface area contributed by atoms with E-state index in [0.29, 0.717) is 47.1 Å². The van der Waals surface area contributed by atoms with Gasteiger partial charge in [0, 0.05) is 63.9 Å². The van der Waals surface area contributed by atoms with Crippen LogP contribution >= 0.6 is 34.8 Å². The van der Waals surface area contributed by atoms with Crippen molar-refractivity contribution in [1.29, 1.82) is 0 Å². The van der Waals surface area contributed by atoms with E-state index in [2.05, 4.69) is 38.3 Å². The quantitative estimate of drug-likeness (QED) is 0.209. The van der Waals surface area contributed by atoms with Crippen LogP contribution in [0.2, 0.25) is 15.1 Å². The average molecular weight is 687 g/mol. The lowest BCUT2D eigenvalue weighted by Crippen LogP contribution is -2.47. The van der Waals surface area contributed by atoms with Crippen molar-refractivity contribution in [3.63, 3.8) is 0 Å². The van der Waals surface area contributed by atoms with Gasteiger partial charge in [0.25, 0.3) is 0 Å². The second-order valence-corrected chi connectivity index (χ2v) is 14.0. The highest BCUT2D eigenvalue weighted by molar-refractivity contribution is 6.37. The summed E-state index contributed by atoms with van der Waals surface area (Å²) in [5.41, 5.74) is 4.03. The van der Waals surface area contributed by atoms with Crippen LogP contribution in [0.4, 0.5) is 5.82 Å². The Morgan fingerprint density at radius 1 is 1.04 bits per heavy atom. The highest BCUT2D eigenvalue weighted by Gasteiger charge is 2.40. The van der Waals surface area contributed by atoms with Crippen molar-refractivity contribution in [3.8, 4) is 5.75 Å². The van der Waals surface area contributed by atoms with E-state index in [-0.39, 0.29) is 29.9 Å². The van der Waals surface area contributed by atoms with Gasteiger partial charge >= 0.3 is 0 Å². The Morgan fingerprint density at radius 2 is 1.85 bits per heavy atom. The maximum atomic E-state index is 14.3. The van der Waals surface area contributed by atoms with Gasteiger partial charge in [-0.15, -0.1) is 0 Å². The summed E-state index contributed by atoms with van der Waals surface area (Å²) in [6.07, 6.45) is 9.13. The molecule has 4 heterocycles. The largest absolute Gasteiger partial charge is 0.485 e. The first-order chi connectivity index (χ1) is 22.3. The number of benzene rings is 1. The van der Waals surface area contributed by atoms with Gasteiger partial charge in [-0.25, -0.2) is 4.98 Å². The number of aryl methyl sites for hydroxylation is 2. The van der Waals surface area contributed by atoms with E-state index >= 15 is 0 Å². The van der Waals surface area contributed by atoms with Crippen molar-refractivity contribution < 1.29 is 14.3 Å². The van der Waals surface area contributed by atoms with Gasteiger partial charge in [0.2, 0.25) is 5.91 Å². The van der Waals surface area contributed by atoms with Crippen LogP contribution in [0.25, 0.3) is 0 Å². The van der Waals surface area contributed by atoms with E-state index in [9.17, 15) is 4.79 Å². The van der Waals surface area contributed by atoms with Gasteiger partial charge in [0.15, 0.2) is 5.75 Å². The molecule has 1 saturated carbocycles. The van der Waals surface area contributed by atoms with E-state index < -0.39 is 0 Å². The van der Waals surface area contributed by atoms with Gasteiger partial charge in [0.1, 0.15) is 11.9 Å². The normalized spacial score (nSPS) is 21.4. The molecule has 0 radical (unpaired) electrons. The number of nitrogens with zero attached hydrogens (tertiary/aromatic N) is 4. The smallest absolute Gasteiger partial charge is 0.228 e. The zero-order valence-corrected chi connectivity index (χ0v) is 28.8. The number of methoxy groups -OCH3 is 1. The van der Waals surface area contributed by atoms with Crippen molar-refractivity contribution >= 4 is 46.5 Å². The second kappa shape index (κ2) is 15.1. The van der Waals surface area contributed by atoms with Crippen LogP contribution in [0.15, 0.2) is 42.7 Å². The van der Waals surface area contributed by atoms with E-state index in [1.54, 1.807) is 13.3 Å². The van der Waals surface area contributed by atoms with Gasteiger partial charge in [0.05, 0.1) is 27.5 Å². The number of carbonyl (C=O) groups excluding carboxylic acids is 1. The first kappa shape index (κ1) is 33.3. The minimum Gasteiger partial charge on any atom is -0.485 e. The molecule has 46 heavy (non-hydrogen) atoms. The molecule has 3 aromatic rings. The highest BCUT2D eigenvalue weighted by atomic mass is 35.5. The summed E-state index contributed by atoms with van der Waals surface area (Å²) in [4.78, 5) is 27.9. The third-order valence-corrected chi connectivity index (χ3v) is 10.2. The Balaban J connectivity index is 1.12. The summed E-state index contributed by atoms with van der Waals surface area (Å²) in [6.45, 7) is 6.19. The van der Waals surface area contributed by atoms with E-state index in [1.165, 1.54) is 0 Å². The molecule has 246 valence electrons. The summed E-state index contributed by atoms with van der Waals surface area (Å²) >= 11 is 19.5. The monoisotopic (exact) mass is 685 g/mol. The fourth-order valence-corrected chi connectivity index (χ4v) is 7.52. The number of halogens is 3. The van der Waals surface area contributed by atoms with E-state index in [0.717, 1.165) is 79.8 Å². The van der Waals surface area contributed by atoms with Crippen LogP contribution in [0.5, 0.6) is 5.75 Å². The average Bonchev–Trinajstić information content (AvgIpc) is 3.79. The summed E-state index contributed by atoms with van der Waals surface area (Å²) < 4.78 is 11.4. The van der Waals surface area contributed by atoms with Crippen LogP contribution in [0, 0.1) is 12.8 Å². The molecule has 1 amide bonds. The number of piperidine rings is 1. The molecule has 6 rings (SSSR count). The molecule has 11 heteroatoms.